The van der Waals surface area contributed by atoms with Crippen LogP contribution in [0.5, 0.6) is 5.75 Å². The lowest BCUT2D eigenvalue weighted by Crippen LogP contribution is -2.19. The maximum atomic E-state index is 5.80. The van der Waals surface area contributed by atoms with Crippen molar-refractivity contribution in [1.29, 1.82) is 0 Å². The van der Waals surface area contributed by atoms with Gasteiger partial charge in [0.2, 0.25) is 0 Å². The van der Waals surface area contributed by atoms with E-state index in [0.717, 1.165) is 28.9 Å². The first-order valence-electron chi connectivity index (χ1n) is 6.66. The van der Waals surface area contributed by atoms with E-state index in [-0.39, 0.29) is 0 Å². The van der Waals surface area contributed by atoms with Crippen molar-refractivity contribution in [2.75, 3.05) is 6.54 Å². The van der Waals surface area contributed by atoms with Gasteiger partial charge >= 0.3 is 0 Å². The van der Waals surface area contributed by atoms with E-state index in [4.69, 9.17) is 9.26 Å². The maximum Gasteiger partial charge on any atom is 0.174 e. The van der Waals surface area contributed by atoms with Gasteiger partial charge in [-0.1, -0.05) is 34.9 Å². The Morgan fingerprint density at radius 1 is 1.35 bits per heavy atom. The predicted molar refractivity (Wildman–Crippen MR) is 81.5 cm³/mol. The molecule has 0 radical (unpaired) electrons. The average molecular weight is 339 g/mol. The largest absolute Gasteiger partial charge is 0.485 e. The first kappa shape index (κ1) is 15.1. The van der Waals surface area contributed by atoms with Gasteiger partial charge in [0.25, 0.3) is 0 Å². The highest BCUT2D eigenvalue weighted by atomic mass is 79.9. The molecule has 0 aliphatic rings. The second-order valence-corrected chi connectivity index (χ2v) is 5.96. The molecule has 0 bridgehead atoms. The van der Waals surface area contributed by atoms with Crippen LogP contribution < -0.4 is 10.1 Å². The Morgan fingerprint density at radius 2 is 2.20 bits per heavy atom. The highest BCUT2D eigenvalue weighted by Crippen LogP contribution is 2.24. The third-order valence-electron chi connectivity index (χ3n) is 2.75. The monoisotopic (exact) mass is 338 g/mol. The molecular weight excluding hydrogens is 320 g/mol. The third-order valence-corrected chi connectivity index (χ3v) is 3.24. The molecule has 1 aromatic carbocycles. The van der Waals surface area contributed by atoms with Gasteiger partial charge in [-0.2, -0.15) is 0 Å². The van der Waals surface area contributed by atoms with Crippen LogP contribution in [0.25, 0.3) is 0 Å². The minimum Gasteiger partial charge on any atom is -0.485 e. The maximum absolute atomic E-state index is 5.80. The van der Waals surface area contributed by atoms with Crippen LogP contribution in [-0.2, 0) is 13.2 Å². The van der Waals surface area contributed by atoms with E-state index in [0.29, 0.717) is 18.3 Å². The Labute approximate surface area is 127 Å². The minimum atomic E-state index is 0.388. The van der Waals surface area contributed by atoms with Crippen molar-refractivity contribution in [1.82, 2.24) is 10.5 Å². The van der Waals surface area contributed by atoms with Gasteiger partial charge in [0.15, 0.2) is 5.76 Å². The number of rotatable bonds is 7. The SMILES string of the molecule is CC(C)CNCc1cc(Br)ccc1OCc1ccno1. The summed E-state index contributed by atoms with van der Waals surface area (Å²) in [7, 11) is 0. The van der Waals surface area contributed by atoms with Crippen molar-refractivity contribution in [2.24, 2.45) is 5.92 Å². The van der Waals surface area contributed by atoms with Gasteiger partial charge < -0.3 is 14.6 Å². The molecule has 0 atom stereocenters. The summed E-state index contributed by atoms with van der Waals surface area (Å²) in [6.45, 7) is 6.53. The zero-order valence-electron chi connectivity index (χ0n) is 11.7. The standard InChI is InChI=1S/C15H19BrN2O2/c1-11(2)8-17-9-12-7-13(16)3-4-15(12)19-10-14-5-6-18-20-14/h3-7,11,17H,8-10H2,1-2H3. The zero-order chi connectivity index (χ0) is 14.4. The first-order chi connectivity index (χ1) is 9.65. The summed E-state index contributed by atoms with van der Waals surface area (Å²) in [4.78, 5) is 0. The molecule has 0 fully saturated rings. The molecule has 20 heavy (non-hydrogen) atoms. The summed E-state index contributed by atoms with van der Waals surface area (Å²) in [5.74, 6) is 2.20. The van der Waals surface area contributed by atoms with Gasteiger partial charge in [0.1, 0.15) is 12.4 Å². The fourth-order valence-electron chi connectivity index (χ4n) is 1.79. The Kier molecular flexibility index (Phi) is 5.61. The smallest absolute Gasteiger partial charge is 0.174 e. The average Bonchev–Trinajstić information content (AvgIpc) is 2.90. The topological polar surface area (TPSA) is 47.3 Å². The van der Waals surface area contributed by atoms with Crippen molar-refractivity contribution in [2.45, 2.75) is 27.0 Å². The third kappa shape index (κ3) is 4.65. The quantitative estimate of drug-likeness (QED) is 0.834. The number of hydrogen-bond donors (Lipinski definition) is 1. The molecule has 0 saturated heterocycles. The number of benzene rings is 1. The predicted octanol–water partition coefficient (Wildman–Crippen LogP) is 3.76. The van der Waals surface area contributed by atoms with Gasteiger partial charge in [0, 0.05) is 22.6 Å². The fraction of sp³-hybridized carbons (Fsp3) is 0.400. The molecular formula is C15H19BrN2O2. The second kappa shape index (κ2) is 7.45. The van der Waals surface area contributed by atoms with Crippen LogP contribution in [0.3, 0.4) is 0 Å². The Morgan fingerprint density at radius 3 is 2.90 bits per heavy atom. The molecule has 1 heterocycles. The van der Waals surface area contributed by atoms with Crippen LogP contribution in [0.15, 0.2) is 39.5 Å². The lowest BCUT2D eigenvalue weighted by Gasteiger charge is -2.13. The summed E-state index contributed by atoms with van der Waals surface area (Å²) < 4.78 is 11.9. The van der Waals surface area contributed by atoms with Crippen molar-refractivity contribution >= 4 is 15.9 Å². The van der Waals surface area contributed by atoms with E-state index in [9.17, 15) is 0 Å². The van der Waals surface area contributed by atoms with E-state index >= 15 is 0 Å². The molecule has 2 aromatic rings. The highest BCUT2D eigenvalue weighted by Gasteiger charge is 2.07. The molecule has 0 aliphatic carbocycles. The van der Waals surface area contributed by atoms with E-state index < -0.39 is 0 Å². The van der Waals surface area contributed by atoms with E-state index in [2.05, 4.69) is 46.3 Å². The number of nitrogens with one attached hydrogen (secondary N) is 1. The van der Waals surface area contributed by atoms with Gasteiger partial charge in [-0.3, -0.25) is 0 Å². The fourth-order valence-corrected chi connectivity index (χ4v) is 2.20. The second-order valence-electron chi connectivity index (χ2n) is 5.04. The summed E-state index contributed by atoms with van der Waals surface area (Å²) in [6.07, 6.45) is 1.62. The number of halogens is 1. The lowest BCUT2D eigenvalue weighted by molar-refractivity contribution is 0.247. The number of hydrogen-bond acceptors (Lipinski definition) is 4. The zero-order valence-corrected chi connectivity index (χ0v) is 13.3. The van der Waals surface area contributed by atoms with Gasteiger partial charge in [-0.15, -0.1) is 0 Å². The number of ether oxygens (including phenoxy) is 1. The molecule has 4 nitrogen and oxygen atoms in total. The minimum absolute atomic E-state index is 0.388. The first-order valence-corrected chi connectivity index (χ1v) is 7.46. The van der Waals surface area contributed by atoms with Crippen molar-refractivity contribution in [3.63, 3.8) is 0 Å². The molecule has 0 unspecified atom stereocenters. The van der Waals surface area contributed by atoms with Crippen LogP contribution in [-0.4, -0.2) is 11.7 Å². The molecule has 1 N–H and O–H groups in total. The normalized spacial score (nSPS) is 11.0. The van der Waals surface area contributed by atoms with E-state index in [1.807, 2.05) is 12.1 Å². The molecule has 0 spiro atoms. The van der Waals surface area contributed by atoms with Crippen LogP contribution in [0.4, 0.5) is 0 Å². The van der Waals surface area contributed by atoms with Crippen LogP contribution in [0.2, 0.25) is 0 Å². The molecule has 1 aromatic heterocycles. The molecule has 0 saturated carbocycles. The Hall–Kier alpha value is -1.33. The molecule has 108 valence electrons. The van der Waals surface area contributed by atoms with E-state index in [1.165, 1.54) is 0 Å². The summed E-state index contributed by atoms with van der Waals surface area (Å²) in [5, 5.41) is 7.09. The van der Waals surface area contributed by atoms with Crippen molar-refractivity contribution < 1.29 is 9.26 Å². The Balaban J connectivity index is 1.99. The Bertz CT molecular complexity index is 527. The van der Waals surface area contributed by atoms with Gasteiger partial charge in [-0.05, 0) is 30.7 Å². The lowest BCUT2D eigenvalue weighted by atomic mass is 10.2. The van der Waals surface area contributed by atoms with E-state index in [1.54, 1.807) is 12.3 Å². The summed E-state index contributed by atoms with van der Waals surface area (Å²) in [6, 6.07) is 7.81. The number of nitrogens with zero attached hydrogens (tertiary/aromatic N) is 1. The van der Waals surface area contributed by atoms with Crippen molar-refractivity contribution in [3.05, 3.63) is 46.3 Å². The van der Waals surface area contributed by atoms with Crippen molar-refractivity contribution in [3.8, 4) is 5.75 Å². The van der Waals surface area contributed by atoms with Gasteiger partial charge in [-0.25, -0.2) is 0 Å². The number of aromatic nitrogens is 1. The molecule has 0 aliphatic heterocycles. The van der Waals surface area contributed by atoms with Crippen LogP contribution >= 0.6 is 15.9 Å². The highest BCUT2D eigenvalue weighted by molar-refractivity contribution is 9.10. The van der Waals surface area contributed by atoms with Gasteiger partial charge in [0.05, 0.1) is 6.20 Å². The molecule has 0 amide bonds. The molecule has 5 heteroatoms. The summed E-state index contributed by atoms with van der Waals surface area (Å²) in [5.41, 5.74) is 1.12. The van der Waals surface area contributed by atoms with Crippen LogP contribution in [0, 0.1) is 5.92 Å². The molecule has 2 rings (SSSR count). The summed E-state index contributed by atoms with van der Waals surface area (Å²) >= 11 is 3.50. The van der Waals surface area contributed by atoms with Crippen LogP contribution in [0.1, 0.15) is 25.2 Å².